The van der Waals surface area contributed by atoms with E-state index in [4.69, 9.17) is 38.5 Å². The van der Waals surface area contributed by atoms with Crippen LogP contribution in [0.25, 0.3) is 0 Å². The fourth-order valence-corrected chi connectivity index (χ4v) is 2.73. The smallest absolute Gasteiger partial charge is 0.373 e. The Bertz CT molecular complexity index is 872. The van der Waals surface area contributed by atoms with Gasteiger partial charge < -0.3 is 18.9 Å². The molecule has 0 bridgehead atoms. The van der Waals surface area contributed by atoms with Gasteiger partial charge in [-0.05, 0) is 42.8 Å². The molecular formula is C24H28O10. The monoisotopic (exact) mass is 476 g/mol. The van der Waals surface area contributed by atoms with Crippen LogP contribution < -0.4 is 18.9 Å². The molecule has 0 saturated heterocycles. The van der Waals surface area contributed by atoms with Crippen molar-refractivity contribution in [1.29, 1.82) is 0 Å². The normalized spacial score (nSPS) is 10.5. The Hall–Kier alpha value is -3.50. The molecule has 184 valence electrons. The molecule has 0 aliphatic carbocycles. The first-order valence-electron chi connectivity index (χ1n) is 10.3. The maximum Gasteiger partial charge on any atom is 0.373 e. The number of ether oxygens (including phenoxy) is 4. The Morgan fingerprint density at radius 3 is 1.47 bits per heavy atom. The van der Waals surface area contributed by atoms with Crippen molar-refractivity contribution in [2.45, 2.75) is 25.7 Å². The number of methoxy groups -OCH3 is 4. The van der Waals surface area contributed by atoms with Crippen LogP contribution in [0, 0.1) is 13.2 Å². The van der Waals surface area contributed by atoms with Crippen LogP contribution in [-0.4, -0.2) is 40.4 Å². The summed E-state index contributed by atoms with van der Waals surface area (Å²) >= 11 is 0. The molecule has 10 heteroatoms. The maximum absolute atomic E-state index is 12.4. The number of rotatable bonds is 14. The average molecular weight is 476 g/mol. The number of unbranched alkanes of at least 4 members (excludes halogenated alkanes) is 2. The lowest BCUT2D eigenvalue weighted by atomic mass is 10.2. The van der Waals surface area contributed by atoms with Crippen molar-refractivity contribution in [3.8, 4) is 23.0 Å². The Kier molecular flexibility index (Phi) is 10.9. The molecular weight excluding hydrogens is 448 g/mol. The minimum absolute atomic E-state index is 0.150. The third-order valence-electron chi connectivity index (χ3n) is 4.54. The molecule has 0 heterocycles. The summed E-state index contributed by atoms with van der Waals surface area (Å²) in [5, 5.41) is 0. The first-order chi connectivity index (χ1) is 16.5. The van der Waals surface area contributed by atoms with Gasteiger partial charge in [0.2, 0.25) is 0 Å². The van der Waals surface area contributed by atoms with Crippen molar-refractivity contribution in [2.75, 3.05) is 28.4 Å². The van der Waals surface area contributed by atoms with Crippen molar-refractivity contribution in [3.05, 3.63) is 60.7 Å². The van der Waals surface area contributed by atoms with Crippen LogP contribution in [0.1, 0.15) is 46.4 Å². The van der Waals surface area contributed by atoms with E-state index in [1.54, 1.807) is 12.1 Å². The molecule has 0 atom stereocenters. The number of benzene rings is 2. The number of carbonyl (C=O) groups is 2. The van der Waals surface area contributed by atoms with Crippen LogP contribution in [0.15, 0.2) is 36.4 Å². The number of hydrogen-bond donors (Lipinski definition) is 0. The summed E-state index contributed by atoms with van der Waals surface area (Å²) in [5.74, 6) is -0.0409. The predicted molar refractivity (Wildman–Crippen MR) is 119 cm³/mol. The molecule has 0 unspecified atom stereocenters. The molecule has 2 radical (unpaired) electrons. The highest BCUT2D eigenvalue weighted by Gasteiger charge is 2.22. The zero-order chi connectivity index (χ0) is 24.9. The lowest BCUT2D eigenvalue weighted by Gasteiger charge is -2.14. The van der Waals surface area contributed by atoms with Gasteiger partial charge in [-0.15, -0.1) is 9.78 Å². The molecule has 0 saturated carbocycles. The largest absolute Gasteiger partial charge is 0.493 e. The lowest BCUT2D eigenvalue weighted by molar-refractivity contribution is -0.363. The molecule has 0 aliphatic heterocycles. The van der Waals surface area contributed by atoms with E-state index in [1.165, 1.54) is 52.7 Å². The summed E-state index contributed by atoms with van der Waals surface area (Å²) in [4.78, 5) is 44.5. The minimum atomic E-state index is -0.814. The van der Waals surface area contributed by atoms with Crippen LogP contribution in [0.3, 0.4) is 0 Å². The second-order valence-electron chi connectivity index (χ2n) is 6.73. The topological polar surface area (TPSA) is 108 Å². The van der Waals surface area contributed by atoms with E-state index in [0.29, 0.717) is 35.8 Å². The van der Waals surface area contributed by atoms with Gasteiger partial charge in [0, 0.05) is 6.42 Å². The quantitative estimate of drug-likeness (QED) is 0.220. The summed E-state index contributed by atoms with van der Waals surface area (Å²) in [6, 6.07) is 8.93. The van der Waals surface area contributed by atoms with Crippen LogP contribution in [-0.2, 0) is 19.6 Å². The minimum Gasteiger partial charge on any atom is -0.493 e. The van der Waals surface area contributed by atoms with E-state index in [9.17, 15) is 9.59 Å². The molecule has 2 rings (SSSR count). The van der Waals surface area contributed by atoms with Gasteiger partial charge in [-0.3, -0.25) is 9.78 Å². The van der Waals surface area contributed by atoms with Crippen LogP contribution >= 0.6 is 0 Å². The van der Waals surface area contributed by atoms with E-state index >= 15 is 0 Å². The molecule has 0 aliphatic rings. The molecule has 10 nitrogen and oxygen atoms in total. The standard InChI is InChI=1S/C24H28O10/c1-6-7-8-9-22(31-33-23(25)16-10-12-18(27-2)20(14-16)29-4)32-34-24(26)17-11-13-19(28-3)21(15-17)30-5/h10-15H,1,6-9H2,2-5H3. The van der Waals surface area contributed by atoms with E-state index < -0.39 is 11.9 Å². The molecule has 0 aromatic heterocycles. The van der Waals surface area contributed by atoms with E-state index in [1.807, 2.05) is 0 Å². The summed E-state index contributed by atoms with van der Waals surface area (Å²) in [5.41, 5.74) is 0.300. The van der Waals surface area contributed by atoms with Gasteiger partial charge in [-0.2, -0.15) is 0 Å². The number of hydrogen-bond acceptors (Lipinski definition) is 10. The predicted octanol–water partition coefficient (Wildman–Crippen LogP) is 4.48. The number of carbonyl (C=O) groups excluding carboxylic acids is 2. The van der Waals surface area contributed by atoms with Gasteiger partial charge >= 0.3 is 18.2 Å². The third-order valence-corrected chi connectivity index (χ3v) is 4.54. The highest BCUT2D eigenvalue weighted by atomic mass is 17.3. The summed E-state index contributed by atoms with van der Waals surface area (Å²) in [6.07, 6.45) is 2.03. The lowest BCUT2D eigenvalue weighted by Crippen LogP contribution is -2.16. The first-order valence-corrected chi connectivity index (χ1v) is 10.3. The fraction of sp³-hybridized carbons (Fsp3) is 0.333. The van der Waals surface area contributed by atoms with E-state index in [-0.39, 0.29) is 23.8 Å². The van der Waals surface area contributed by atoms with Crippen LogP contribution in [0.2, 0.25) is 0 Å². The second kappa shape index (κ2) is 13.9. The van der Waals surface area contributed by atoms with E-state index in [0.717, 1.165) is 6.42 Å². The van der Waals surface area contributed by atoms with Gasteiger partial charge in [-0.25, -0.2) is 9.59 Å². The first kappa shape index (κ1) is 26.7. The van der Waals surface area contributed by atoms with E-state index in [2.05, 4.69) is 6.92 Å². The second-order valence-corrected chi connectivity index (χ2v) is 6.73. The Morgan fingerprint density at radius 2 is 1.09 bits per heavy atom. The van der Waals surface area contributed by atoms with Crippen molar-refractivity contribution in [2.24, 2.45) is 0 Å². The van der Waals surface area contributed by atoms with Crippen LogP contribution in [0.5, 0.6) is 23.0 Å². The van der Waals surface area contributed by atoms with Crippen LogP contribution in [0.4, 0.5) is 0 Å². The molecule has 0 N–H and O–H groups in total. The summed E-state index contributed by atoms with van der Waals surface area (Å²) < 4.78 is 20.6. The molecule has 0 spiro atoms. The maximum atomic E-state index is 12.4. The fourth-order valence-electron chi connectivity index (χ4n) is 2.73. The van der Waals surface area contributed by atoms with Crippen molar-refractivity contribution in [3.63, 3.8) is 0 Å². The van der Waals surface area contributed by atoms with Gasteiger partial charge in [0.1, 0.15) is 0 Å². The summed E-state index contributed by atoms with van der Waals surface area (Å²) in [6.45, 7) is 3.77. The Labute approximate surface area is 198 Å². The van der Waals surface area contributed by atoms with Gasteiger partial charge in [0.15, 0.2) is 23.0 Å². The highest BCUT2D eigenvalue weighted by molar-refractivity contribution is 5.90. The Balaban J connectivity index is 2.00. The van der Waals surface area contributed by atoms with Crippen molar-refractivity contribution < 1.29 is 48.1 Å². The summed E-state index contributed by atoms with van der Waals surface area (Å²) in [7, 11) is 5.84. The highest BCUT2D eigenvalue weighted by Crippen LogP contribution is 2.29. The Morgan fingerprint density at radius 1 is 0.647 bits per heavy atom. The third kappa shape index (κ3) is 7.53. The van der Waals surface area contributed by atoms with Gasteiger partial charge in [0.05, 0.1) is 39.6 Å². The van der Waals surface area contributed by atoms with Gasteiger partial charge in [-0.1, -0.05) is 19.8 Å². The molecule has 2 aromatic carbocycles. The average Bonchev–Trinajstić information content (AvgIpc) is 2.88. The van der Waals surface area contributed by atoms with Crippen molar-refractivity contribution in [1.82, 2.24) is 0 Å². The molecule has 2 aromatic rings. The molecule has 0 fully saturated rings. The SMILES string of the molecule is [CH2]CCCC[C](OOC(=O)c1ccc(OC)c(OC)c1)OOC(=O)c1ccc(OC)c(OC)c1. The van der Waals surface area contributed by atoms with Crippen molar-refractivity contribution >= 4 is 11.9 Å². The zero-order valence-electron chi connectivity index (χ0n) is 19.6. The zero-order valence-corrected chi connectivity index (χ0v) is 19.6. The molecule has 34 heavy (non-hydrogen) atoms. The molecule has 0 amide bonds. The van der Waals surface area contributed by atoms with Gasteiger partial charge in [0.25, 0.3) is 0 Å².